The molecule has 11 heteroatoms. The molecule has 0 spiro atoms. The summed E-state index contributed by atoms with van der Waals surface area (Å²) in [6, 6.07) is 6.30. The number of hydrogen-bond acceptors (Lipinski definition) is 7. The van der Waals surface area contributed by atoms with E-state index in [1.165, 1.54) is 7.11 Å². The third kappa shape index (κ3) is 5.00. The van der Waals surface area contributed by atoms with Crippen LogP contribution in [0.2, 0.25) is 0 Å². The predicted octanol–water partition coefficient (Wildman–Crippen LogP) is -0.222. The molecule has 0 bridgehead atoms. The fourth-order valence-corrected chi connectivity index (χ4v) is 4.26. The second-order valence-electron chi connectivity index (χ2n) is 9.23. The number of methoxy groups -OCH3 is 1. The van der Waals surface area contributed by atoms with E-state index >= 15 is 0 Å². The van der Waals surface area contributed by atoms with Crippen LogP contribution in [0.15, 0.2) is 24.3 Å². The Hall–Kier alpha value is -3.18. The molecule has 3 aliphatic rings. The maximum atomic E-state index is 13.1. The van der Waals surface area contributed by atoms with Gasteiger partial charge in [0.15, 0.2) is 0 Å². The number of piperazine rings is 1. The molecule has 4 rings (SSSR count). The smallest absolute Gasteiger partial charge is 0.344 e. The van der Waals surface area contributed by atoms with Gasteiger partial charge in [0.1, 0.15) is 11.3 Å². The Balaban J connectivity index is 1.29. The quantitative estimate of drug-likeness (QED) is 0.447. The van der Waals surface area contributed by atoms with Crippen LogP contribution in [0.1, 0.15) is 32.3 Å². The molecule has 34 heavy (non-hydrogen) atoms. The molecule has 5 amide bonds. The zero-order valence-corrected chi connectivity index (χ0v) is 19.8. The van der Waals surface area contributed by atoms with Crippen molar-refractivity contribution >= 4 is 23.8 Å². The molecule has 11 nitrogen and oxygen atoms in total. The number of hydrogen-bond donors (Lipinski definition) is 3. The van der Waals surface area contributed by atoms with Crippen molar-refractivity contribution in [2.75, 3.05) is 39.8 Å². The molecule has 2 saturated heterocycles. The number of imide groups is 1. The van der Waals surface area contributed by atoms with Crippen LogP contribution in [0, 0.1) is 0 Å². The Morgan fingerprint density at radius 3 is 2.56 bits per heavy atom. The van der Waals surface area contributed by atoms with Crippen molar-refractivity contribution in [2.24, 2.45) is 0 Å². The predicted molar refractivity (Wildman–Crippen MR) is 123 cm³/mol. The molecule has 0 aromatic heterocycles. The van der Waals surface area contributed by atoms with E-state index in [4.69, 9.17) is 4.74 Å². The van der Waals surface area contributed by atoms with Gasteiger partial charge in [0.05, 0.1) is 19.7 Å². The average Bonchev–Trinajstić information content (AvgIpc) is 3.62. The summed E-state index contributed by atoms with van der Waals surface area (Å²) < 4.78 is 5.21. The van der Waals surface area contributed by atoms with E-state index in [2.05, 4.69) is 21.0 Å². The maximum Gasteiger partial charge on any atom is 0.344 e. The van der Waals surface area contributed by atoms with Gasteiger partial charge >= 0.3 is 6.03 Å². The molecule has 2 atom stereocenters. The first kappa shape index (κ1) is 24.0. The summed E-state index contributed by atoms with van der Waals surface area (Å²) in [6.45, 7) is 6.06. The first-order valence-corrected chi connectivity index (χ1v) is 11.6. The van der Waals surface area contributed by atoms with Crippen LogP contribution >= 0.6 is 0 Å². The Morgan fingerprint density at radius 1 is 1.21 bits per heavy atom. The fourth-order valence-electron chi connectivity index (χ4n) is 4.26. The van der Waals surface area contributed by atoms with Gasteiger partial charge < -0.3 is 15.4 Å². The third-order valence-corrected chi connectivity index (χ3v) is 6.70. The van der Waals surface area contributed by atoms with Gasteiger partial charge in [-0.05, 0) is 44.4 Å². The Kier molecular flexibility index (Phi) is 6.76. The van der Waals surface area contributed by atoms with Crippen LogP contribution in [-0.2, 0) is 19.9 Å². The number of rotatable bonds is 8. The van der Waals surface area contributed by atoms with E-state index in [9.17, 15) is 19.2 Å². The monoisotopic (exact) mass is 472 g/mol. The molecular weight excluding hydrogens is 440 g/mol. The van der Waals surface area contributed by atoms with Crippen LogP contribution in [0.5, 0.6) is 5.75 Å². The summed E-state index contributed by atoms with van der Waals surface area (Å²) in [4.78, 5) is 54.5. The molecule has 1 aromatic rings. The van der Waals surface area contributed by atoms with E-state index < -0.39 is 23.4 Å². The van der Waals surface area contributed by atoms with E-state index in [0.29, 0.717) is 43.5 Å². The molecule has 184 valence electrons. The first-order valence-electron chi connectivity index (χ1n) is 11.6. The summed E-state index contributed by atoms with van der Waals surface area (Å²) in [5, 5.41) is 6.43. The highest BCUT2D eigenvalue weighted by molar-refractivity contribution is 6.08. The van der Waals surface area contributed by atoms with Crippen LogP contribution in [-0.4, -0.2) is 90.5 Å². The number of ether oxygens (including phenoxy) is 1. The lowest BCUT2D eigenvalue weighted by Gasteiger charge is -2.37. The second-order valence-corrected chi connectivity index (χ2v) is 9.23. The van der Waals surface area contributed by atoms with Crippen molar-refractivity contribution in [3.63, 3.8) is 0 Å². The molecule has 3 N–H and O–H groups in total. The molecular formula is C23H32N6O5. The lowest BCUT2D eigenvalue weighted by molar-refractivity contribution is -0.139. The normalized spacial score (nSPS) is 24.5. The third-order valence-electron chi connectivity index (χ3n) is 6.70. The van der Waals surface area contributed by atoms with Gasteiger partial charge in [0.25, 0.3) is 11.8 Å². The van der Waals surface area contributed by atoms with E-state index in [-0.39, 0.29) is 18.5 Å². The highest BCUT2D eigenvalue weighted by atomic mass is 16.5. The summed E-state index contributed by atoms with van der Waals surface area (Å²) >= 11 is 0. The van der Waals surface area contributed by atoms with Gasteiger partial charge in [-0.2, -0.15) is 5.01 Å². The molecule has 0 radical (unpaired) electrons. The highest BCUT2D eigenvalue weighted by Crippen LogP contribution is 2.30. The van der Waals surface area contributed by atoms with Crippen LogP contribution < -0.4 is 20.8 Å². The van der Waals surface area contributed by atoms with Crippen molar-refractivity contribution in [3.8, 4) is 5.75 Å². The van der Waals surface area contributed by atoms with Gasteiger partial charge in [-0.15, -0.1) is 0 Å². The summed E-state index contributed by atoms with van der Waals surface area (Å²) in [6.07, 6.45) is 2.11. The number of amides is 5. The number of urea groups is 1. The summed E-state index contributed by atoms with van der Waals surface area (Å²) in [5.74, 6) is -0.418. The van der Waals surface area contributed by atoms with Crippen LogP contribution in [0.3, 0.4) is 0 Å². The minimum Gasteiger partial charge on any atom is -0.497 e. The first-order chi connectivity index (χ1) is 16.2. The molecule has 2 aliphatic heterocycles. The number of benzene rings is 1. The van der Waals surface area contributed by atoms with E-state index in [0.717, 1.165) is 17.9 Å². The number of nitrogens with zero attached hydrogens (tertiary/aromatic N) is 3. The lowest BCUT2D eigenvalue weighted by Crippen LogP contribution is -2.56. The summed E-state index contributed by atoms with van der Waals surface area (Å²) in [7, 11) is 1.52. The maximum absolute atomic E-state index is 13.1. The Labute approximate surface area is 198 Å². The van der Waals surface area contributed by atoms with Crippen molar-refractivity contribution in [1.29, 1.82) is 0 Å². The van der Waals surface area contributed by atoms with E-state index in [1.54, 1.807) is 31.2 Å². The fraction of sp³-hybridized carbons (Fsp3) is 0.565. The summed E-state index contributed by atoms with van der Waals surface area (Å²) in [5.41, 5.74) is 1.68. The van der Waals surface area contributed by atoms with Gasteiger partial charge in [-0.3, -0.25) is 29.6 Å². The number of hydrazine groups is 1. The van der Waals surface area contributed by atoms with Crippen molar-refractivity contribution in [1.82, 2.24) is 30.9 Å². The number of nitrogens with one attached hydrogen (secondary N) is 3. The number of carbonyl (C=O) groups is 4. The van der Waals surface area contributed by atoms with Crippen LogP contribution in [0.25, 0.3) is 0 Å². The number of carbonyl (C=O) groups excluding carboxylic acids is 4. The minimum absolute atomic E-state index is 0.0451. The van der Waals surface area contributed by atoms with Gasteiger partial charge in [0.2, 0.25) is 5.91 Å². The lowest BCUT2D eigenvalue weighted by atomic mass is 9.92. The van der Waals surface area contributed by atoms with Gasteiger partial charge in [0, 0.05) is 32.2 Å². The molecule has 2 unspecified atom stereocenters. The highest BCUT2D eigenvalue weighted by Gasteiger charge is 2.50. The van der Waals surface area contributed by atoms with Crippen molar-refractivity contribution in [2.45, 2.75) is 44.3 Å². The molecule has 1 aromatic carbocycles. The zero-order chi connectivity index (χ0) is 24.5. The minimum atomic E-state index is -1.32. The topological polar surface area (TPSA) is 123 Å². The molecule has 2 heterocycles. The Morgan fingerprint density at radius 2 is 1.91 bits per heavy atom. The molecule has 1 saturated carbocycles. The Bertz CT molecular complexity index is 974. The van der Waals surface area contributed by atoms with Crippen molar-refractivity contribution < 1.29 is 23.9 Å². The second kappa shape index (κ2) is 9.59. The SMILES string of the molecule is COc1cccc(C2(C)NC(=O)N(NC(=O)CN3CCN(C(C)C(=O)NC4CC4)CC3)C2=O)c1. The molecule has 1 aliphatic carbocycles. The largest absolute Gasteiger partial charge is 0.497 e. The standard InChI is InChI=1S/C23H32N6O5/c1-15(20(31)24-17-7-8-17)28-11-9-27(10-12-28)14-19(30)26-29-21(32)23(2,25-22(29)33)16-5-4-6-18(13-16)34-3/h4-6,13,15,17H,7-12,14H2,1-3H3,(H,24,31)(H,25,33)(H,26,30). The van der Waals surface area contributed by atoms with E-state index in [1.807, 2.05) is 11.8 Å². The van der Waals surface area contributed by atoms with Gasteiger partial charge in [-0.1, -0.05) is 12.1 Å². The van der Waals surface area contributed by atoms with Gasteiger partial charge in [-0.25, -0.2) is 4.79 Å². The van der Waals surface area contributed by atoms with Crippen molar-refractivity contribution in [3.05, 3.63) is 29.8 Å². The van der Waals surface area contributed by atoms with Crippen LogP contribution in [0.4, 0.5) is 4.79 Å². The molecule has 3 fully saturated rings. The average molecular weight is 473 g/mol. The zero-order valence-electron chi connectivity index (χ0n) is 19.8.